The third-order valence-corrected chi connectivity index (χ3v) is 4.03. The predicted molar refractivity (Wildman–Crippen MR) is 101 cm³/mol. The molecule has 9 nitrogen and oxygen atoms in total. The first-order valence-corrected chi connectivity index (χ1v) is 8.90. The summed E-state index contributed by atoms with van der Waals surface area (Å²) in [5.74, 6) is -2.64. The van der Waals surface area contributed by atoms with Crippen LogP contribution in [-0.4, -0.2) is 53.2 Å². The summed E-state index contributed by atoms with van der Waals surface area (Å²) in [4.78, 5) is 44.8. The molecule has 0 saturated carbocycles. The summed E-state index contributed by atoms with van der Waals surface area (Å²) in [5, 5.41) is 24.5. The van der Waals surface area contributed by atoms with E-state index in [1.54, 1.807) is 12.1 Å². The highest BCUT2D eigenvalue weighted by molar-refractivity contribution is 14.1. The van der Waals surface area contributed by atoms with Crippen molar-refractivity contribution in [3.8, 4) is 0 Å². The Hall–Kier alpha value is -2.37. The summed E-state index contributed by atoms with van der Waals surface area (Å²) < 4.78 is 1.03. The fourth-order valence-corrected chi connectivity index (χ4v) is 2.36. The van der Waals surface area contributed by atoms with Crippen molar-refractivity contribution in [3.05, 3.63) is 33.4 Å². The Labute approximate surface area is 163 Å². The number of hydrogen-bond acceptors (Lipinski definition) is 4. The second kappa shape index (κ2) is 11.3. The summed E-state index contributed by atoms with van der Waals surface area (Å²) in [6, 6.07) is 5.11. The molecule has 0 aliphatic rings. The van der Waals surface area contributed by atoms with E-state index >= 15 is 0 Å². The summed E-state index contributed by atoms with van der Waals surface area (Å²) >= 11 is 2.14. The van der Waals surface area contributed by atoms with E-state index in [9.17, 15) is 19.2 Å². The normalized spacial score (nSPS) is 11.3. The number of halogens is 1. The first kappa shape index (κ1) is 21.7. The molecule has 1 aromatic carbocycles. The Morgan fingerprint density at radius 2 is 1.65 bits per heavy atom. The molecule has 0 aliphatic heterocycles. The molecule has 10 heteroatoms. The largest absolute Gasteiger partial charge is 0.480 e. The van der Waals surface area contributed by atoms with E-state index in [0.29, 0.717) is 24.9 Å². The zero-order valence-corrected chi connectivity index (χ0v) is 16.0. The summed E-state index contributed by atoms with van der Waals surface area (Å²) in [7, 11) is 0. The van der Waals surface area contributed by atoms with Crippen molar-refractivity contribution in [2.75, 3.05) is 13.1 Å². The minimum atomic E-state index is -1.23. The van der Waals surface area contributed by atoms with Crippen molar-refractivity contribution in [2.24, 2.45) is 0 Å². The van der Waals surface area contributed by atoms with Crippen molar-refractivity contribution >= 4 is 46.5 Å². The van der Waals surface area contributed by atoms with Gasteiger partial charge in [-0.15, -0.1) is 0 Å². The van der Waals surface area contributed by atoms with Crippen molar-refractivity contribution in [2.45, 2.75) is 25.3 Å². The van der Waals surface area contributed by atoms with Gasteiger partial charge in [-0.1, -0.05) is 0 Å². The SMILES string of the molecule is O=C(O)CNC(=O)N[C@@H](CCCCNC(=O)c1ccc(I)cc1)C(=O)O. The van der Waals surface area contributed by atoms with Gasteiger partial charge in [-0.3, -0.25) is 9.59 Å². The van der Waals surface area contributed by atoms with Gasteiger partial charge in [0.15, 0.2) is 0 Å². The molecule has 3 amide bonds. The van der Waals surface area contributed by atoms with Crippen LogP contribution in [0, 0.1) is 3.57 Å². The molecular weight excluding hydrogens is 457 g/mol. The molecule has 0 spiro atoms. The van der Waals surface area contributed by atoms with E-state index in [2.05, 4.69) is 33.2 Å². The van der Waals surface area contributed by atoms with Gasteiger partial charge in [0.1, 0.15) is 12.6 Å². The number of hydrogen-bond donors (Lipinski definition) is 5. The number of carbonyl (C=O) groups is 4. The summed E-state index contributed by atoms with van der Waals surface area (Å²) in [6.45, 7) is -0.217. The van der Waals surface area contributed by atoms with Crippen LogP contribution in [0.1, 0.15) is 29.6 Å². The zero-order chi connectivity index (χ0) is 19.5. The number of unbranched alkanes of at least 4 members (excludes halogenated alkanes) is 1. The Morgan fingerprint density at radius 3 is 2.23 bits per heavy atom. The standard InChI is InChI=1S/C16H20IN3O6/c17-11-6-4-10(5-7-11)14(23)18-8-2-1-3-12(15(24)25)20-16(26)19-9-13(21)22/h4-7,12H,1-3,8-9H2,(H,18,23)(H,21,22)(H,24,25)(H2,19,20,26)/t12-/m0/s1. The lowest BCUT2D eigenvalue weighted by molar-refractivity contribution is -0.139. The predicted octanol–water partition coefficient (Wildman–Crippen LogP) is 1.03. The van der Waals surface area contributed by atoms with E-state index in [-0.39, 0.29) is 12.3 Å². The summed E-state index contributed by atoms with van der Waals surface area (Å²) in [6.07, 6.45) is 1.16. The molecule has 0 fully saturated rings. The lowest BCUT2D eigenvalue weighted by Crippen LogP contribution is -2.47. The zero-order valence-electron chi connectivity index (χ0n) is 13.8. The van der Waals surface area contributed by atoms with Crippen molar-refractivity contribution in [1.29, 1.82) is 0 Å². The van der Waals surface area contributed by atoms with Gasteiger partial charge in [-0.2, -0.15) is 0 Å². The number of amides is 3. The van der Waals surface area contributed by atoms with Gasteiger partial charge in [0.05, 0.1) is 0 Å². The van der Waals surface area contributed by atoms with Crippen LogP contribution in [-0.2, 0) is 9.59 Å². The van der Waals surface area contributed by atoms with Crippen LogP contribution in [0.25, 0.3) is 0 Å². The van der Waals surface area contributed by atoms with Crippen LogP contribution < -0.4 is 16.0 Å². The number of carbonyl (C=O) groups excluding carboxylic acids is 2. The second-order valence-electron chi connectivity index (χ2n) is 5.37. The number of carboxylic acids is 2. The maximum Gasteiger partial charge on any atom is 0.326 e. The molecule has 0 unspecified atom stereocenters. The quantitative estimate of drug-likeness (QED) is 0.252. The van der Waals surface area contributed by atoms with Crippen molar-refractivity contribution < 1.29 is 29.4 Å². The van der Waals surface area contributed by atoms with Crippen LogP contribution in [0.5, 0.6) is 0 Å². The third kappa shape index (κ3) is 8.65. The highest BCUT2D eigenvalue weighted by Crippen LogP contribution is 2.07. The lowest BCUT2D eigenvalue weighted by atomic mass is 10.1. The second-order valence-corrected chi connectivity index (χ2v) is 6.62. The molecule has 1 atom stereocenters. The van der Waals surface area contributed by atoms with Gasteiger partial charge in [-0.25, -0.2) is 9.59 Å². The minimum Gasteiger partial charge on any atom is -0.480 e. The summed E-state index contributed by atoms with van der Waals surface area (Å²) in [5.41, 5.74) is 0.547. The Bertz CT molecular complexity index is 650. The van der Waals surface area contributed by atoms with Crippen LogP contribution in [0.15, 0.2) is 24.3 Å². The van der Waals surface area contributed by atoms with Gasteiger partial charge in [0.2, 0.25) is 0 Å². The van der Waals surface area contributed by atoms with E-state index in [1.807, 2.05) is 17.4 Å². The van der Waals surface area contributed by atoms with Gasteiger partial charge in [0, 0.05) is 15.7 Å². The average Bonchev–Trinajstić information content (AvgIpc) is 2.58. The number of urea groups is 1. The van der Waals surface area contributed by atoms with E-state index in [0.717, 1.165) is 3.57 Å². The first-order valence-electron chi connectivity index (χ1n) is 7.82. The van der Waals surface area contributed by atoms with E-state index < -0.39 is 30.6 Å². The van der Waals surface area contributed by atoms with Gasteiger partial charge in [-0.05, 0) is 66.1 Å². The number of benzene rings is 1. The van der Waals surface area contributed by atoms with Crippen LogP contribution in [0.2, 0.25) is 0 Å². The minimum absolute atomic E-state index is 0.162. The highest BCUT2D eigenvalue weighted by atomic mass is 127. The van der Waals surface area contributed by atoms with E-state index in [1.165, 1.54) is 0 Å². The molecule has 0 heterocycles. The fourth-order valence-electron chi connectivity index (χ4n) is 2.00. The monoisotopic (exact) mass is 477 g/mol. The smallest absolute Gasteiger partial charge is 0.326 e. The molecule has 0 bridgehead atoms. The molecule has 26 heavy (non-hydrogen) atoms. The Kier molecular flexibility index (Phi) is 9.41. The van der Waals surface area contributed by atoms with Crippen LogP contribution in [0.4, 0.5) is 4.79 Å². The van der Waals surface area contributed by atoms with Crippen LogP contribution in [0.3, 0.4) is 0 Å². The third-order valence-electron chi connectivity index (χ3n) is 3.32. The molecule has 0 saturated heterocycles. The maximum absolute atomic E-state index is 11.9. The topological polar surface area (TPSA) is 145 Å². The number of rotatable bonds is 10. The lowest BCUT2D eigenvalue weighted by Gasteiger charge is -2.14. The average molecular weight is 477 g/mol. The molecule has 0 radical (unpaired) electrons. The first-order chi connectivity index (χ1) is 12.3. The van der Waals surface area contributed by atoms with E-state index in [4.69, 9.17) is 10.2 Å². The molecule has 5 N–H and O–H groups in total. The maximum atomic E-state index is 11.9. The molecule has 1 rings (SSSR count). The van der Waals surface area contributed by atoms with Crippen molar-refractivity contribution in [3.63, 3.8) is 0 Å². The molecular formula is C16H20IN3O6. The van der Waals surface area contributed by atoms with Gasteiger partial charge >= 0.3 is 18.0 Å². The Balaban J connectivity index is 2.29. The number of carboxylic acid groups (broad SMARTS) is 2. The Morgan fingerprint density at radius 1 is 1.00 bits per heavy atom. The highest BCUT2D eigenvalue weighted by Gasteiger charge is 2.19. The van der Waals surface area contributed by atoms with Crippen LogP contribution >= 0.6 is 22.6 Å². The molecule has 142 valence electrons. The van der Waals surface area contributed by atoms with Gasteiger partial charge in [0.25, 0.3) is 5.91 Å². The fraction of sp³-hybridized carbons (Fsp3) is 0.375. The molecule has 0 aliphatic carbocycles. The molecule has 0 aromatic heterocycles. The molecule has 1 aromatic rings. The number of aliphatic carboxylic acids is 2. The number of nitrogens with one attached hydrogen (secondary N) is 3. The van der Waals surface area contributed by atoms with Crippen molar-refractivity contribution in [1.82, 2.24) is 16.0 Å². The van der Waals surface area contributed by atoms with Gasteiger partial charge < -0.3 is 26.2 Å².